The van der Waals surface area contributed by atoms with Gasteiger partial charge in [-0.3, -0.25) is 0 Å². The molecular weight excluding hydrogens is 390 g/mol. The van der Waals surface area contributed by atoms with Gasteiger partial charge in [0.2, 0.25) is 0 Å². The van der Waals surface area contributed by atoms with Crippen molar-refractivity contribution >= 4 is 22.2 Å². The van der Waals surface area contributed by atoms with Gasteiger partial charge >= 0.3 is 0 Å². The van der Waals surface area contributed by atoms with Crippen molar-refractivity contribution in [3.05, 3.63) is 70.8 Å². The Labute approximate surface area is 176 Å². The highest BCUT2D eigenvalue weighted by Crippen LogP contribution is 2.35. The summed E-state index contributed by atoms with van der Waals surface area (Å²) in [6.07, 6.45) is 4.54. The van der Waals surface area contributed by atoms with Crippen LogP contribution in [0.15, 0.2) is 48.5 Å². The number of sulfone groups is 1. The van der Waals surface area contributed by atoms with E-state index in [0.29, 0.717) is 24.8 Å². The van der Waals surface area contributed by atoms with E-state index in [0.717, 1.165) is 24.8 Å². The molecule has 2 unspecified atom stereocenters. The van der Waals surface area contributed by atoms with Gasteiger partial charge in [-0.15, -0.1) is 12.4 Å². The molecule has 28 heavy (non-hydrogen) atoms. The Morgan fingerprint density at radius 2 is 1.79 bits per heavy atom. The second-order valence-electron chi connectivity index (χ2n) is 7.67. The standard InChI is InChI=1S/C23H31NO2S.ClH/c1-3-14-27(25,26)15-13-19-9-10-20-11-12-23(24-2)22(21(20)16-19)17-18-7-5-4-6-8-18;/h4-10,16,22-24H,3,11-15,17H2,1-2H3;1H. The normalized spacial score (nSPS) is 18.9. The molecule has 0 saturated carbocycles. The van der Waals surface area contributed by atoms with E-state index in [1.54, 1.807) is 0 Å². The van der Waals surface area contributed by atoms with Crippen LogP contribution < -0.4 is 5.32 Å². The first-order valence-corrected chi connectivity index (χ1v) is 11.9. The first-order valence-electron chi connectivity index (χ1n) is 10.1. The van der Waals surface area contributed by atoms with Crippen molar-refractivity contribution in [2.45, 2.75) is 51.0 Å². The number of halogens is 1. The molecule has 0 saturated heterocycles. The molecule has 0 aromatic heterocycles. The Morgan fingerprint density at radius 1 is 1.04 bits per heavy atom. The van der Waals surface area contributed by atoms with E-state index >= 15 is 0 Å². The maximum Gasteiger partial charge on any atom is 0.150 e. The van der Waals surface area contributed by atoms with E-state index in [1.165, 1.54) is 16.7 Å². The molecule has 0 bridgehead atoms. The number of nitrogens with one attached hydrogen (secondary N) is 1. The third kappa shape index (κ3) is 5.82. The van der Waals surface area contributed by atoms with Crippen LogP contribution in [0.1, 0.15) is 47.9 Å². The summed E-state index contributed by atoms with van der Waals surface area (Å²) in [5.41, 5.74) is 5.31. The molecule has 0 radical (unpaired) electrons. The zero-order chi connectivity index (χ0) is 19.3. The molecule has 2 aromatic carbocycles. The van der Waals surface area contributed by atoms with Gasteiger partial charge in [0, 0.05) is 17.7 Å². The van der Waals surface area contributed by atoms with Crippen LogP contribution in [0.3, 0.4) is 0 Å². The lowest BCUT2D eigenvalue weighted by Crippen LogP contribution is -2.37. The number of hydrogen-bond donors (Lipinski definition) is 1. The molecular formula is C23H32ClNO2S. The van der Waals surface area contributed by atoms with E-state index < -0.39 is 9.84 Å². The summed E-state index contributed by atoms with van der Waals surface area (Å²) in [6, 6.07) is 17.7. The van der Waals surface area contributed by atoms with E-state index in [2.05, 4.69) is 60.9 Å². The molecule has 0 fully saturated rings. The maximum absolute atomic E-state index is 12.1. The minimum absolute atomic E-state index is 0. The number of rotatable bonds is 8. The van der Waals surface area contributed by atoms with Gasteiger partial charge in [0.15, 0.2) is 9.84 Å². The predicted molar refractivity (Wildman–Crippen MR) is 120 cm³/mol. The first-order chi connectivity index (χ1) is 13.0. The molecule has 0 amide bonds. The topological polar surface area (TPSA) is 46.2 Å². The summed E-state index contributed by atoms with van der Waals surface area (Å²) in [7, 11) is -0.891. The molecule has 0 aliphatic heterocycles. The second-order valence-corrected chi connectivity index (χ2v) is 9.97. The van der Waals surface area contributed by atoms with E-state index in [9.17, 15) is 8.42 Å². The molecule has 1 aliphatic rings. The summed E-state index contributed by atoms with van der Waals surface area (Å²) >= 11 is 0. The Kier molecular flexibility index (Phi) is 8.54. The van der Waals surface area contributed by atoms with Gasteiger partial charge in [0.05, 0.1) is 5.75 Å². The average molecular weight is 422 g/mol. The number of hydrogen-bond acceptors (Lipinski definition) is 3. The van der Waals surface area contributed by atoms with E-state index in [-0.39, 0.29) is 23.9 Å². The van der Waals surface area contributed by atoms with Gasteiger partial charge in [0.1, 0.15) is 0 Å². The predicted octanol–water partition coefficient (Wildman–Crippen LogP) is 4.34. The van der Waals surface area contributed by atoms with Crippen LogP contribution in [0.2, 0.25) is 0 Å². The van der Waals surface area contributed by atoms with Gasteiger partial charge in [-0.2, -0.15) is 0 Å². The largest absolute Gasteiger partial charge is 0.316 e. The van der Waals surface area contributed by atoms with Crippen LogP contribution in [-0.4, -0.2) is 33.0 Å². The van der Waals surface area contributed by atoms with Crippen molar-refractivity contribution in [3.63, 3.8) is 0 Å². The van der Waals surface area contributed by atoms with E-state index in [4.69, 9.17) is 0 Å². The summed E-state index contributed by atoms with van der Waals surface area (Å²) in [5.74, 6) is 0.961. The molecule has 2 atom stereocenters. The van der Waals surface area contributed by atoms with Gasteiger partial charge < -0.3 is 5.32 Å². The van der Waals surface area contributed by atoms with E-state index in [1.807, 2.05) is 6.92 Å². The highest BCUT2D eigenvalue weighted by Gasteiger charge is 2.29. The zero-order valence-corrected chi connectivity index (χ0v) is 18.5. The first kappa shape index (κ1) is 22.9. The van der Waals surface area contributed by atoms with Crippen LogP contribution >= 0.6 is 12.4 Å². The smallest absolute Gasteiger partial charge is 0.150 e. The zero-order valence-electron chi connectivity index (χ0n) is 16.9. The van der Waals surface area contributed by atoms with Crippen molar-refractivity contribution in [2.75, 3.05) is 18.6 Å². The lowest BCUT2D eigenvalue weighted by atomic mass is 9.75. The molecule has 0 heterocycles. The highest BCUT2D eigenvalue weighted by molar-refractivity contribution is 7.91. The van der Waals surface area contributed by atoms with Crippen molar-refractivity contribution < 1.29 is 8.42 Å². The maximum atomic E-state index is 12.1. The third-order valence-corrected chi connectivity index (χ3v) is 7.56. The molecule has 1 aliphatic carbocycles. The molecule has 3 nitrogen and oxygen atoms in total. The summed E-state index contributed by atoms with van der Waals surface area (Å²) in [6.45, 7) is 1.92. The SMILES string of the molecule is CCCS(=O)(=O)CCc1ccc2c(c1)C(Cc1ccccc1)C(NC)CC2.Cl. The number of likely N-dealkylation sites (N-methyl/N-ethyl adjacent to an activating group) is 1. The monoisotopic (exact) mass is 421 g/mol. The van der Waals surface area contributed by atoms with Crippen molar-refractivity contribution in [3.8, 4) is 0 Å². The summed E-state index contributed by atoms with van der Waals surface area (Å²) < 4.78 is 24.2. The van der Waals surface area contributed by atoms with Crippen molar-refractivity contribution in [2.24, 2.45) is 0 Å². The molecule has 3 rings (SSSR count). The van der Waals surface area contributed by atoms with Gasteiger partial charge in [-0.25, -0.2) is 8.42 Å². The highest BCUT2D eigenvalue weighted by atomic mass is 35.5. The minimum atomic E-state index is -2.94. The molecule has 2 aromatic rings. The van der Waals surface area contributed by atoms with Crippen LogP contribution in [0, 0.1) is 0 Å². The molecule has 154 valence electrons. The molecule has 0 spiro atoms. The van der Waals surface area contributed by atoms with Crippen LogP contribution in [-0.2, 0) is 29.1 Å². The van der Waals surface area contributed by atoms with Crippen LogP contribution in [0.4, 0.5) is 0 Å². The summed E-state index contributed by atoms with van der Waals surface area (Å²) in [5, 5.41) is 3.51. The lowest BCUT2D eigenvalue weighted by Gasteiger charge is -2.34. The van der Waals surface area contributed by atoms with Gasteiger partial charge in [-0.1, -0.05) is 55.5 Å². The summed E-state index contributed by atoms with van der Waals surface area (Å²) in [4.78, 5) is 0. The minimum Gasteiger partial charge on any atom is -0.316 e. The fourth-order valence-electron chi connectivity index (χ4n) is 4.25. The van der Waals surface area contributed by atoms with Gasteiger partial charge in [-0.05, 0) is 61.4 Å². The van der Waals surface area contributed by atoms with Gasteiger partial charge in [0.25, 0.3) is 0 Å². The second kappa shape index (κ2) is 10.4. The fourth-order valence-corrected chi connectivity index (χ4v) is 5.63. The Bertz CT molecular complexity index is 852. The lowest BCUT2D eigenvalue weighted by molar-refractivity contribution is 0.409. The number of aryl methyl sites for hydroxylation is 2. The fraction of sp³-hybridized carbons (Fsp3) is 0.478. The number of benzene rings is 2. The van der Waals surface area contributed by atoms with Crippen LogP contribution in [0.5, 0.6) is 0 Å². The number of fused-ring (bicyclic) bond motifs is 1. The Morgan fingerprint density at radius 3 is 2.46 bits per heavy atom. The quantitative estimate of drug-likeness (QED) is 0.689. The van der Waals surface area contributed by atoms with Crippen molar-refractivity contribution in [1.29, 1.82) is 0 Å². The third-order valence-electron chi connectivity index (χ3n) is 5.71. The molecule has 5 heteroatoms. The average Bonchev–Trinajstić information content (AvgIpc) is 2.67. The van der Waals surface area contributed by atoms with Crippen LogP contribution in [0.25, 0.3) is 0 Å². The molecule has 1 N–H and O–H groups in total. The Hall–Kier alpha value is -1.36. The Balaban J connectivity index is 0.00000280. The van der Waals surface area contributed by atoms with Crippen molar-refractivity contribution in [1.82, 2.24) is 5.32 Å².